The lowest BCUT2D eigenvalue weighted by atomic mass is 9.97. The second-order valence-electron chi connectivity index (χ2n) is 5.57. The molecule has 0 aliphatic heterocycles. The summed E-state index contributed by atoms with van der Waals surface area (Å²) >= 11 is 5.94. The molecule has 4 nitrogen and oxygen atoms in total. The van der Waals surface area contributed by atoms with E-state index in [4.69, 9.17) is 16.0 Å². The average Bonchev–Trinajstić information content (AvgIpc) is 2.52. The highest BCUT2D eigenvalue weighted by Crippen LogP contribution is 2.35. The predicted octanol–water partition coefficient (Wildman–Crippen LogP) is 3.80. The first-order chi connectivity index (χ1) is 11.0. The summed E-state index contributed by atoms with van der Waals surface area (Å²) in [7, 11) is 3.68. The van der Waals surface area contributed by atoms with Crippen molar-refractivity contribution in [3.05, 3.63) is 75.1 Å². The van der Waals surface area contributed by atoms with Crippen molar-refractivity contribution in [2.24, 2.45) is 0 Å². The molecule has 3 aromatic rings. The van der Waals surface area contributed by atoms with Gasteiger partial charge in [-0.15, -0.1) is 0 Å². The molecule has 0 saturated heterocycles. The minimum atomic E-state index is -0.546. The average molecular weight is 330 g/mol. The van der Waals surface area contributed by atoms with Crippen LogP contribution in [0.4, 0.5) is 0 Å². The third-order valence-corrected chi connectivity index (χ3v) is 4.05. The van der Waals surface area contributed by atoms with Crippen LogP contribution in [0.15, 0.2) is 57.7 Å². The number of rotatable bonds is 3. The van der Waals surface area contributed by atoms with E-state index in [1.54, 1.807) is 36.4 Å². The van der Waals surface area contributed by atoms with Gasteiger partial charge in [0.25, 0.3) is 0 Å². The largest absolute Gasteiger partial charge is 0.507 e. The number of aromatic hydroxyl groups is 1. The maximum Gasteiger partial charge on any atom is 0.345 e. The molecule has 118 valence electrons. The number of fused-ring (bicyclic) bond motifs is 1. The van der Waals surface area contributed by atoms with E-state index in [2.05, 4.69) is 0 Å². The lowest BCUT2D eigenvalue weighted by Gasteiger charge is -2.25. The molecule has 1 atom stereocenters. The summed E-state index contributed by atoms with van der Waals surface area (Å²) < 4.78 is 5.38. The lowest BCUT2D eigenvalue weighted by Crippen LogP contribution is -2.26. The van der Waals surface area contributed by atoms with Crippen molar-refractivity contribution < 1.29 is 9.52 Å². The van der Waals surface area contributed by atoms with Crippen LogP contribution in [-0.2, 0) is 0 Å². The molecular weight excluding hydrogens is 314 g/mol. The van der Waals surface area contributed by atoms with Crippen molar-refractivity contribution in [3.8, 4) is 5.75 Å². The van der Waals surface area contributed by atoms with Gasteiger partial charge in [-0.25, -0.2) is 4.79 Å². The Kier molecular flexibility index (Phi) is 4.11. The Bertz CT molecular complexity index is 900. The molecule has 1 N–H and O–H groups in total. The van der Waals surface area contributed by atoms with Crippen LogP contribution in [0.2, 0.25) is 5.02 Å². The molecule has 1 heterocycles. The Morgan fingerprint density at radius 2 is 1.74 bits per heavy atom. The molecule has 5 heteroatoms. The van der Waals surface area contributed by atoms with Gasteiger partial charge in [0.1, 0.15) is 16.9 Å². The number of para-hydroxylation sites is 1. The standard InChI is InChI=1S/C18H16ClNO3/c1-20(2)16(11-7-9-12(19)10-8-11)15-17(21)13-5-3-4-6-14(13)23-18(15)22/h3-10,16,21H,1-2H3. The third-order valence-electron chi connectivity index (χ3n) is 3.80. The summed E-state index contributed by atoms with van der Waals surface area (Å²) in [5.74, 6) is -0.0505. The fourth-order valence-electron chi connectivity index (χ4n) is 2.76. The molecule has 0 spiro atoms. The molecule has 0 aliphatic rings. The summed E-state index contributed by atoms with van der Waals surface area (Å²) in [6, 6.07) is 13.7. The molecule has 0 fully saturated rings. The summed E-state index contributed by atoms with van der Waals surface area (Å²) in [5, 5.41) is 11.8. The van der Waals surface area contributed by atoms with E-state index in [9.17, 15) is 9.90 Å². The molecule has 0 saturated carbocycles. The van der Waals surface area contributed by atoms with Crippen molar-refractivity contribution in [1.29, 1.82) is 0 Å². The van der Waals surface area contributed by atoms with E-state index >= 15 is 0 Å². The minimum Gasteiger partial charge on any atom is -0.507 e. The number of benzene rings is 2. The van der Waals surface area contributed by atoms with Crippen LogP contribution in [0.5, 0.6) is 5.75 Å². The summed E-state index contributed by atoms with van der Waals surface area (Å²) in [6.45, 7) is 0. The van der Waals surface area contributed by atoms with E-state index in [0.717, 1.165) is 5.56 Å². The molecule has 0 radical (unpaired) electrons. The number of hydrogen-bond donors (Lipinski definition) is 1. The minimum absolute atomic E-state index is 0.0505. The lowest BCUT2D eigenvalue weighted by molar-refractivity contribution is 0.322. The first-order valence-electron chi connectivity index (χ1n) is 7.15. The predicted molar refractivity (Wildman–Crippen MR) is 91.1 cm³/mol. The van der Waals surface area contributed by atoms with Crippen molar-refractivity contribution in [1.82, 2.24) is 4.90 Å². The third kappa shape index (κ3) is 2.83. The van der Waals surface area contributed by atoms with Gasteiger partial charge in [-0.05, 0) is 43.9 Å². The van der Waals surface area contributed by atoms with Gasteiger partial charge in [-0.2, -0.15) is 0 Å². The summed E-state index contributed by atoms with van der Waals surface area (Å²) in [4.78, 5) is 14.3. The van der Waals surface area contributed by atoms with Crippen LogP contribution in [0.3, 0.4) is 0 Å². The zero-order valence-electron chi connectivity index (χ0n) is 12.8. The Morgan fingerprint density at radius 1 is 1.09 bits per heavy atom. The maximum absolute atomic E-state index is 12.5. The van der Waals surface area contributed by atoms with Crippen LogP contribution in [0, 0.1) is 0 Å². The van der Waals surface area contributed by atoms with Gasteiger partial charge in [-0.3, -0.25) is 4.90 Å². The van der Waals surface area contributed by atoms with Crippen LogP contribution >= 0.6 is 11.6 Å². The van der Waals surface area contributed by atoms with Crippen LogP contribution in [-0.4, -0.2) is 24.1 Å². The highest BCUT2D eigenvalue weighted by Gasteiger charge is 2.26. The zero-order valence-corrected chi connectivity index (χ0v) is 13.5. The molecule has 1 unspecified atom stereocenters. The van der Waals surface area contributed by atoms with E-state index in [-0.39, 0.29) is 11.3 Å². The molecule has 0 aliphatic carbocycles. The normalized spacial score (nSPS) is 12.7. The highest BCUT2D eigenvalue weighted by molar-refractivity contribution is 6.30. The Morgan fingerprint density at radius 3 is 2.39 bits per heavy atom. The second-order valence-corrected chi connectivity index (χ2v) is 6.00. The monoisotopic (exact) mass is 329 g/mol. The van der Waals surface area contributed by atoms with E-state index in [0.29, 0.717) is 16.0 Å². The van der Waals surface area contributed by atoms with Crippen LogP contribution in [0.25, 0.3) is 11.0 Å². The van der Waals surface area contributed by atoms with E-state index in [1.807, 2.05) is 31.1 Å². The van der Waals surface area contributed by atoms with Crippen molar-refractivity contribution in [2.75, 3.05) is 14.1 Å². The van der Waals surface area contributed by atoms with Gasteiger partial charge in [0.2, 0.25) is 0 Å². The number of halogens is 1. The van der Waals surface area contributed by atoms with Gasteiger partial charge < -0.3 is 9.52 Å². The van der Waals surface area contributed by atoms with Crippen molar-refractivity contribution in [2.45, 2.75) is 6.04 Å². The quantitative estimate of drug-likeness (QED) is 0.742. The molecule has 1 aromatic heterocycles. The Labute approximate surface area is 138 Å². The molecular formula is C18H16ClNO3. The highest BCUT2D eigenvalue weighted by atomic mass is 35.5. The zero-order chi connectivity index (χ0) is 16.6. The van der Waals surface area contributed by atoms with Gasteiger partial charge in [0.05, 0.1) is 11.4 Å². The molecule has 3 rings (SSSR count). The van der Waals surface area contributed by atoms with E-state index < -0.39 is 11.7 Å². The van der Waals surface area contributed by atoms with Crippen LogP contribution in [0.1, 0.15) is 17.2 Å². The van der Waals surface area contributed by atoms with Crippen molar-refractivity contribution >= 4 is 22.6 Å². The first-order valence-corrected chi connectivity index (χ1v) is 7.53. The van der Waals surface area contributed by atoms with Gasteiger partial charge in [-0.1, -0.05) is 35.9 Å². The first kappa shape index (κ1) is 15.6. The fraction of sp³-hybridized carbons (Fsp3) is 0.167. The summed E-state index contributed by atoms with van der Waals surface area (Å²) in [5.41, 5.74) is 0.885. The second kappa shape index (κ2) is 6.07. The van der Waals surface area contributed by atoms with Gasteiger partial charge >= 0.3 is 5.63 Å². The van der Waals surface area contributed by atoms with Crippen molar-refractivity contribution in [3.63, 3.8) is 0 Å². The number of hydrogen-bond acceptors (Lipinski definition) is 4. The topological polar surface area (TPSA) is 53.7 Å². The molecule has 2 aromatic carbocycles. The molecule has 23 heavy (non-hydrogen) atoms. The Balaban J connectivity index is 2.27. The molecule has 0 amide bonds. The number of nitrogens with zero attached hydrogens (tertiary/aromatic N) is 1. The SMILES string of the molecule is CN(C)C(c1ccc(Cl)cc1)c1c(O)c2ccccc2oc1=O. The molecule has 0 bridgehead atoms. The Hall–Kier alpha value is -2.30. The summed E-state index contributed by atoms with van der Waals surface area (Å²) in [6.07, 6.45) is 0. The fourth-order valence-corrected chi connectivity index (χ4v) is 2.88. The van der Waals surface area contributed by atoms with Crippen LogP contribution < -0.4 is 5.63 Å². The maximum atomic E-state index is 12.5. The van der Waals surface area contributed by atoms with E-state index in [1.165, 1.54) is 0 Å². The van der Waals surface area contributed by atoms with Gasteiger partial charge in [0.15, 0.2) is 0 Å². The smallest absolute Gasteiger partial charge is 0.345 e. The van der Waals surface area contributed by atoms with Gasteiger partial charge in [0, 0.05) is 5.02 Å².